The van der Waals surface area contributed by atoms with E-state index < -0.39 is 0 Å². The van der Waals surface area contributed by atoms with Gasteiger partial charge in [-0.3, -0.25) is 0 Å². The first-order valence-corrected chi connectivity index (χ1v) is 2.72. The van der Waals surface area contributed by atoms with Crippen molar-refractivity contribution in [1.29, 1.82) is 0 Å². The summed E-state index contributed by atoms with van der Waals surface area (Å²) in [6, 6.07) is 2.78. The molecular formula is C6H12NO+. The van der Waals surface area contributed by atoms with Crippen molar-refractivity contribution in [2.24, 2.45) is 0 Å². The molecule has 0 spiro atoms. The molecule has 0 rings (SSSR count). The number of nitrogens with zero attached hydrogens (tertiary/aromatic N) is 1. The van der Waals surface area contributed by atoms with Gasteiger partial charge < -0.3 is 4.74 Å². The van der Waals surface area contributed by atoms with Crippen LogP contribution in [0.1, 0.15) is 13.3 Å². The number of ether oxygens (including phenoxy) is 1. The van der Waals surface area contributed by atoms with Crippen LogP contribution in [0.4, 0.5) is 0 Å². The van der Waals surface area contributed by atoms with Gasteiger partial charge >= 0.3 is 6.07 Å². The van der Waals surface area contributed by atoms with Crippen molar-refractivity contribution < 1.29 is 4.74 Å². The van der Waals surface area contributed by atoms with Crippen LogP contribution in [0.3, 0.4) is 0 Å². The van der Waals surface area contributed by atoms with Crippen molar-refractivity contribution in [3.8, 4) is 6.07 Å². The second-order valence-electron chi connectivity index (χ2n) is 1.49. The highest BCUT2D eigenvalue weighted by Gasteiger charge is 2.03. The van der Waals surface area contributed by atoms with Gasteiger partial charge in [0.2, 0.25) is 0 Å². The molecule has 1 unspecified atom stereocenters. The average molecular weight is 114 g/mol. The first kappa shape index (κ1) is 7.45. The Morgan fingerprint density at radius 2 is 2.38 bits per heavy atom. The van der Waals surface area contributed by atoms with Gasteiger partial charge in [-0.15, -0.1) is 0 Å². The summed E-state index contributed by atoms with van der Waals surface area (Å²) in [6.45, 7) is 2.03. The molecular weight excluding hydrogens is 102 g/mol. The molecule has 46 valence electrons. The van der Waals surface area contributed by atoms with Crippen LogP contribution in [0.15, 0.2) is 0 Å². The molecule has 1 atom stereocenters. The average Bonchev–Trinajstić information content (AvgIpc) is 1.83. The maximum Gasteiger partial charge on any atom is 0.304 e. The van der Waals surface area contributed by atoms with E-state index in [2.05, 4.69) is 10.9 Å². The van der Waals surface area contributed by atoms with Crippen LogP contribution in [0.25, 0.3) is 4.85 Å². The van der Waals surface area contributed by atoms with Crippen molar-refractivity contribution in [3.05, 3.63) is 4.85 Å². The van der Waals surface area contributed by atoms with Gasteiger partial charge in [-0.1, -0.05) is 11.8 Å². The first-order chi connectivity index (χ1) is 3.85. The SMILES string of the molecule is CCC(C#[N+]C)OC. The third kappa shape index (κ3) is 2.59. The molecule has 2 heteroatoms. The van der Waals surface area contributed by atoms with Crippen LogP contribution in [0.5, 0.6) is 0 Å². The van der Waals surface area contributed by atoms with Crippen LogP contribution in [-0.2, 0) is 4.74 Å². The van der Waals surface area contributed by atoms with Gasteiger partial charge in [0.25, 0.3) is 7.05 Å². The number of hydrogen-bond donors (Lipinski definition) is 0. The van der Waals surface area contributed by atoms with E-state index in [-0.39, 0.29) is 6.10 Å². The largest absolute Gasteiger partial charge is 0.362 e. The Kier molecular flexibility index (Phi) is 4.29. The summed E-state index contributed by atoms with van der Waals surface area (Å²) < 4.78 is 4.94. The zero-order chi connectivity index (χ0) is 6.41. The van der Waals surface area contributed by atoms with Gasteiger partial charge in [0, 0.05) is 7.11 Å². The lowest BCUT2D eigenvalue weighted by molar-refractivity contribution is 0.145. The first-order valence-electron chi connectivity index (χ1n) is 2.72. The third-order valence-electron chi connectivity index (χ3n) is 0.928. The maximum atomic E-state index is 4.94. The second kappa shape index (κ2) is 4.61. The fourth-order valence-electron chi connectivity index (χ4n) is 0.455. The Morgan fingerprint density at radius 1 is 1.75 bits per heavy atom. The van der Waals surface area contributed by atoms with Gasteiger partial charge in [0.05, 0.1) is 0 Å². The van der Waals surface area contributed by atoms with E-state index in [9.17, 15) is 0 Å². The number of methoxy groups -OCH3 is 1. The van der Waals surface area contributed by atoms with E-state index >= 15 is 0 Å². The quantitative estimate of drug-likeness (QED) is 0.528. The molecule has 0 N–H and O–H groups in total. The van der Waals surface area contributed by atoms with Gasteiger partial charge in [0.1, 0.15) is 0 Å². The summed E-state index contributed by atoms with van der Waals surface area (Å²) in [5, 5.41) is 0. The molecule has 0 amide bonds. The predicted octanol–water partition coefficient (Wildman–Crippen LogP) is 1.37. The smallest absolute Gasteiger partial charge is 0.304 e. The summed E-state index contributed by atoms with van der Waals surface area (Å²) in [6.07, 6.45) is 1.02. The van der Waals surface area contributed by atoms with E-state index in [1.807, 2.05) is 6.92 Å². The van der Waals surface area contributed by atoms with Gasteiger partial charge in [-0.2, -0.15) is 0 Å². The fraction of sp³-hybridized carbons (Fsp3) is 0.833. The van der Waals surface area contributed by atoms with Crippen molar-refractivity contribution in [1.82, 2.24) is 0 Å². The van der Waals surface area contributed by atoms with E-state index in [0.29, 0.717) is 0 Å². The van der Waals surface area contributed by atoms with Crippen LogP contribution in [0.2, 0.25) is 0 Å². The molecule has 0 aromatic rings. The molecule has 0 aliphatic carbocycles. The summed E-state index contributed by atoms with van der Waals surface area (Å²) >= 11 is 0. The van der Waals surface area contributed by atoms with Crippen LogP contribution in [-0.4, -0.2) is 20.3 Å². The highest BCUT2D eigenvalue weighted by molar-refractivity contribution is 4.92. The zero-order valence-electron chi connectivity index (χ0n) is 5.64. The Morgan fingerprint density at radius 3 is 2.50 bits per heavy atom. The lowest BCUT2D eigenvalue weighted by Gasteiger charge is -1.95. The minimum absolute atomic E-state index is 0.0833. The predicted molar refractivity (Wildman–Crippen MR) is 34.3 cm³/mol. The molecule has 8 heavy (non-hydrogen) atoms. The van der Waals surface area contributed by atoms with Gasteiger partial charge in [-0.25, -0.2) is 0 Å². The van der Waals surface area contributed by atoms with Crippen molar-refractivity contribution in [3.63, 3.8) is 0 Å². The molecule has 0 fully saturated rings. The topological polar surface area (TPSA) is 13.6 Å². The Balaban J connectivity index is 3.47. The van der Waals surface area contributed by atoms with Crippen LogP contribution < -0.4 is 0 Å². The molecule has 0 heterocycles. The molecule has 0 saturated carbocycles. The second-order valence-corrected chi connectivity index (χ2v) is 1.49. The molecule has 2 nitrogen and oxygen atoms in total. The van der Waals surface area contributed by atoms with Crippen LogP contribution in [0, 0.1) is 6.07 Å². The number of rotatable bonds is 2. The molecule has 0 aliphatic heterocycles. The lowest BCUT2D eigenvalue weighted by Crippen LogP contribution is -2.03. The summed E-state index contributed by atoms with van der Waals surface area (Å²) in [7, 11) is 3.36. The fourth-order valence-corrected chi connectivity index (χ4v) is 0.455. The highest BCUT2D eigenvalue weighted by atomic mass is 16.5. The highest BCUT2D eigenvalue weighted by Crippen LogP contribution is 1.91. The van der Waals surface area contributed by atoms with Gasteiger partial charge in [-0.05, 0) is 6.42 Å². The minimum Gasteiger partial charge on any atom is -0.362 e. The Hall–Kier alpha value is -0.550. The standard InChI is InChI=1S/C6H12NO/c1-4-6(8-3)5-7-2/h6H,4H2,1-3H3/q+1. The Bertz CT molecular complexity index is 96.8. The lowest BCUT2D eigenvalue weighted by atomic mass is 10.3. The van der Waals surface area contributed by atoms with E-state index in [4.69, 9.17) is 4.74 Å². The van der Waals surface area contributed by atoms with Crippen LogP contribution >= 0.6 is 0 Å². The summed E-state index contributed by atoms with van der Waals surface area (Å²) in [5.74, 6) is 0. The third-order valence-corrected chi connectivity index (χ3v) is 0.928. The van der Waals surface area contributed by atoms with Crippen molar-refractivity contribution >= 4 is 0 Å². The van der Waals surface area contributed by atoms with E-state index in [0.717, 1.165) is 6.42 Å². The monoisotopic (exact) mass is 114 g/mol. The molecule has 0 saturated heterocycles. The molecule has 0 aliphatic rings. The molecule has 0 aromatic heterocycles. The normalized spacial score (nSPS) is 11.9. The van der Waals surface area contributed by atoms with Crippen molar-refractivity contribution in [2.75, 3.05) is 14.2 Å². The van der Waals surface area contributed by atoms with E-state index in [1.165, 1.54) is 0 Å². The molecule has 0 aromatic carbocycles. The minimum atomic E-state index is 0.0833. The number of hydrogen-bond acceptors (Lipinski definition) is 1. The summed E-state index contributed by atoms with van der Waals surface area (Å²) in [5.41, 5.74) is 0. The van der Waals surface area contributed by atoms with Gasteiger partial charge in [0.15, 0.2) is 6.10 Å². The molecule has 0 radical (unpaired) electrons. The zero-order valence-corrected chi connectivity index (χ0v) is 5.64. The van der Waals surface area contributed by atoms with E-state index in [1.54, 1.807) is 14.2 Å². The maximum absolute atomic E-state index is 4.94. The molecule has 0 bridgehead atoms. The Labute approximate surface area is 50.3 Å². The van der Waals surface area contributed by atoms with Crippen molar-refractivity contribution in [2.45, 2.75) is 19.4 Å². The summed E-state index contributed by atoms with van der Waals surface area (Å²) in [4.78, 5) is 3.70.